The van der Waals surface area contributed by atoms with Crippen molar-refractivity contribution in [2.24, 2.45) is 0 Å². The van der Waals surface area contributed by atoms with Crippen molar-refractivity contribution in [3.8, 4) is 5.88 Å². The van der Waals surface area contributed by atoms with E-state index in [0.29, 0.717) is 5.88 Å². The molecule has 54 valence electrons. The van der Waals surface area contributed by atoms with E-state index in [1.807, 2.05) is 6.07 Å². The lowest BCUT2D eigenvalue weighted by Gasteiger charge is -2.12. The molecule has 0 amide bonds. The Morgan fingerprint density at radius 1 is 1.60 bits per heavy atom. The molecule has 1 rings (SSSR count). The Kier molecular flexibility index (Phi) is 2.10. The van der Waals surface area contributed by atoms with Crippen molar-refractivity contribution in [3.63, 3.8) is 0 Å². The second-order valence-corrected chi connectivity index (χ2v) is 1.78. The zero-order valence-electron chi connectivity index (χ0n) is 6.03. The number of rotatable bonds is 2. The van der Waals surface area contributed by atoms with Crippen molar-refractivity contribution in [1.82, 2.24) is 4.98 Å². The fourth-order valence-corrected chi connectivity index (χ4v) is 0.650. The van der Waals surface area contributed by atoms with E-state index in [1.165, 1.54) is 0 Å². The minimum Gasteiger partial charge on any atom is -0.687 e. The van der Waals surface area contributed by atoms with Crippen LogP contribution in [0.4, 0.5) is 5.69 Å². The first-order chi connectivity index (χ1) is 4.86. The van der Waals surface area contributed by atoms with Gasteiger partial charge in [-0.2, -0.15) is 0 Å². The van der Waals surface area contributed by atoms with E-state index in [0.717, 1.165) is 5.69 Å². The van der Waals surface area contributed by atoms with Gasteiger partial charge in [0, 0.05) is 6.20 Å². The Morgan fingerprint density at radius 3 is 3.00 bits per heavy atom. The highest BCUT2D eigenvalue weighted by atomic mass is 16.5. The lowest BCUT2D eigenvalue weighted by Crippen LogP contribution is -1.84. The van der Waals surface area contributed by atoms with Crippen molar-refractivity contribution < 1.29 is 4.74 Å². The molecule has 1 aromatic heterocycles. The van der Waals surface area contributed by atoms with E-state index in [9.17, 15) is 0 Å². The summed E-state index contributed by atoms with van der Waals surface area (Å²) >= 11 is 0. The third kappa shape index (κ3) is 1.37. The molecule has 0 bridgehead atoms. The molecule has 0 N–H and O–H groups in total. The average Bonchev–Trinajstić information content (AvgIpc) is 2.05. The molecule has 0 fully saturated rings. The van der Waals surface area contributed by atoms with Crippen LogP contribution in [0.2, 0.25) is 0 Å². The summed E-state index contributed by atoms with van der Waals surface area (Å²) in [6, 6.07) is 3.60. The molecular formula is C7H9N2O-. The smallest absolute Gasteiger partial charge is 0.211 e. The van der Waals surface area contributed by atoms with Crippen LogP contribution in [0, 0.1) is 0 Å². The average molecular weight is 137 g/mol. The molecule has 3 nitrogen and oxygen atoms in total. The Morgan fingerprint density at radius 2 is 2.40 bits per heavy atom. The first kappa shape index (κ1) is 6.86. The van der Waals surface area contributed by atoms with E-state index in [4.69, 9.17) is 4.74 Å². The van der Waals surface area contributed by atoms with Crippen LogP contribution in [-0.2, 0) is 0 Å². The van der Waals surface area contributed by atoms with Gasteiger partial charge in [0.2, 0.25) is 5.88 Å². The van der Waals surface area contributed by atoms with Crippen molar-refractivity contribution in [2.75, 3.05) is 14.2 Å². The zero-order valence-corrected chi connectivity index (χ0v) is 6.03. The summed E-state index contributed by atoms with van der Waals surface area (Å²) in [7, 11) is 3.32. The number of methoxy groups -OCH3 is 1. The summed E-state index contributed by atoms with van der Waals surface area (Å²) in [5.41, 5.74) is 0.881. The number of nitrogens with zero attached hydrogens (tertiary/aromatic N) is 2. The molecule has 0 radical (unpaired) electrons. The normalized spacial score (nSPS) is 9.00. The van der Waals surface area contributed by atoms with Crippen LogP contribution in [-0.4, -0.2) is 19.1 Å². The quantitative estimate of drug-likeness (QED) is 0.622. The highest BCUT2D eigenvalue weighted by molar-refractivity contribution is 5.48. The number of hydrogen-bond donors (Lipinski definition) is 0. The Hall–Kier alpha value is -1.25. The third-order valence-electron chi connectivity index (χ3n) is 1.19. The molecule has 0 aliphatic heterocycles. The molecule has 0 saturated heterocycles. The summed E-state index contributed by atoms with van der Waals surface area (Å²) in [5, 5.41) is 3.96. The second kappa shape index (κ2) is 3.06. The Balaban J connectivity index is 2.87. The number of ether oxygens (including phenoxy) is 1. The van der Waals surface area contributed by atoms with Crippen molar-refractivity contribution in [1.29, 1.82) is 0 Å². The van der Waals surface area contributed by atoms with E-state index in [-0.39, 0.29) is 0 Å². The fourth-order valence-electron chi connectivity index (χ4n) is 0.650. The Labute approximate surface area is 60.0 Å². The van der Waals surface area contributed by atoms with E-state index < -0.39 is 0 Å². The highest BCUT2D eigenvalue weighted by Gasteiger charge is 1.86. The largest absolute Gasteiger partial charge is 0.687 e. The third-order valence-corrected chi connectivity index (χ3v) is 1.19. The SMILES string of the molecule is C[N-]c1ccnc(OC)c1. The summed E-state index contributed by atoms with van der Waals surface area (Å²) in [4.78, 5) is 3.92. The molecule has 0 unspecified atom stereocenters. The van der Waals surface area contributed by atoms with Gasteiger partial charge in [-0.15, -0.1) is 12.7 Å². The van der Waals surface area contributed by atoms with Gasteiger partial charge in [0.05, 0.1) is 7.11 Å². The number of hydrogen-bond acceptors (Lipinski definition) is 2. The van der Waals surface area contributed by atoms with Gasteiger partial charge < -0.3 is 10.1 Å². The molecule has 0 aliphatic rings. The van der Waals surface area contributed by atoms with Crippen LogP contribution < -0.4 is 4.74 Å². The predicted molar refractivity (Wildman–Crippen MR) is 39.7 cm³/mol. The van der Waals surface area contributed by atoms with E-state index in [2.05, 4.69) is 10.3 Å². The van der Waals surface area contributed by atoms with E-state index in [1.54, 1.807) is 26.4 Å². The van der Waals surface area contributed by atoms with Crippen LogP contribution in [0.5, 0.6) is 5.88 Å². The molecule has 3 heteroatoms. The van der Waals surface area contributed by atoms with Gasteiger partial charge >= 0.3 is 0 Å². The minimum absolute atomic E-state index is 0.600. The molecule has 1 aromatic rings. The standard InChI is InChI=1S/C7H9N2O/c1-8-6-3-4-9-7(5-6)10-2/h3-5H,1-2H3/q-1. The molecule has 0 spiro atoms. The van der Waals surface area contributed by atoms with Crippen LogP contribution in [0.15, 0.2) is 18.3 Å². The minimum atomic E-state index is 0.600. The lowest BCUT2D eigenvalue weighted by atomic mass is 10.4. The van der Waals surface area contributed by atoms with Gasteiger partial charge in [-0.3, -0.25) is 0 Å². The molecule has 0 aliphatic carbocycles. The van der Waals surface area contributed by atoms with Crippen LogP contribution in [0.25, 0.3) is 5.32 Å². The van der Waals surface area contributed by atoms with Gasteiger partial charge in [-0.1, -0.05) is 6.07 Å². The fraction of sp³-hybridized carbons (Fsp3) is 0.286. The molecule has 0 saturated carbocycles. The monoisotopic (exact) mass is 137 g/mol. The van der Waals surface area contributed by atoms with Crippen molar-refractivity contribution in [2.45, 2.75) is 0 Å². The van der Waals surface area contributed by atoms with Gasteiger partial charge in [0.25, 0.3) is 0 Å². The van der Waals surface area contributed by atoms with Crippen LogP contribution >= 0.6 is 0 Å². The molecular weight excluding hydrogens is 128 g/mol. The van der Waals surface area contributed by atoms with Crippen LogP contribution in [0.1, 0.15) is 0 Å². The first-order valence-corrected chi connectivity index (χ1v) is 2.96. The van der Waals surface area contributed by atoms with Crippen molar-refractivity contribution in [3.05, 3.63) is 23.6 Å². The number of pyridine rings is 1. The maximum absolute atomic E-state index is 4.89. The lowest BCUT2D eigenvalue weighted by molar-refractivity contribution is 0.398. The van der Waals surface area contributed by atoms with Crippen LogP contribution in [0.3, 0.4) is 0 Å². The Bertz CT molecular complexity index is 193. The maximum Gasteiger partial charge on any atom is 0.211 e. The molecule has 10 heavy (non-hydrogen) atoms. The number of aromatic nitrogens is 1. The van der Waals surface area contributed by atoms with Gasteiger partial charge in [-0.25, -0.2) is 4.98 Å². The summed E-state index contributed by atoms with van der Waals surface area (Å²) in [6.07, 6.45) is 1.67. The van der Waals surface area contributed by atoms with Gasteiger partial charge in [-0.05, 0) is 6.07 Å². The van der Waals surface area contributed by atoms with Gasteiger partial charge in [0.1, 0.15) is 0 Å². The first-order valence-electron chi connectivity index (χ1n) is 2.96. The topological polar surface area (TPSA) is 36.2 Å². The zero-order chi connectivity index (χ0) is 7.40. The van der Waals surface area contributed by atoms with Crippen molar-refractivity contribution >= 4 is 5.69 Å². The van der Waals surface area contributed by atoms with Gasteiger partial charge in [0.15, 0.2) is 0 Å². The highest BCUT2D eigenvalue weighted by Crippen LogP contribution is 2.18. The second-order valence-electron chi connectivity index (χ2n) is 1.78. The van der Waals surface area contributed by atoms with E-state index >= 15 is 0 Å². The summed E-state index contributed by atoms with van der Waals surface area (Å²) in [5.74, 6) is 0.600. The molecule has 1 heterocycles. The molecule has 0 aromatic carbocycles. The predicted octanol–water partition coefficient (Wildman–Crippen LogP) is 1.73. The summed E-state index contributed by atoms with van der Waals surface area (Å²) < 4.78 is 4.89. The molecule has 0 atom stereocenters. The maximum atomic E-state index is 4.89. The summed E-state index contributed by atoms with van der Waals surface area (Å²) in [6.45, 7) is 0.